The summed E-state index contributed by atoms with van der Waals surface area (Å²) in [6, 6.07) is 5.34. The van der Waals surface area contributed by atoms with Crippen LogP contribution in [0, 0.1) is 0 Å². The summed E-state index contributed by atoms with van der Waals surface area (Å²) >= 11 is 6.38. The first-order valence-corrected chi connectivity index (χ1v) is 7.91. The Kier molecular flexibility index (Phi) is 5.91. The number of rotatable bonds is 5. The molecule has 1 aliphatic heterocycles. The van der Waals surface area contributed by atoms with Gasteiger partial charge in [-0.1, -0.05) is 13.0 Å². The molecule has 1 aromatic carbocycles. The van der Waals surface area contributed by atoms with E-state index in [0.717, 1.165) is 38.3 Å². The number of hydrogen-bond donors (Lipinski definition) is 0. The molecule has 1 unspecified atom stereocenters. The van der Waals surface area contributed by atoms with Gasteiger partial charge in [0.25, 0.3) is 0 Å². The van der Waals surface area contributed by atoms with E-state index < -0.39 is 5.38 Å². The van der Waals surface area contributed by atoms with E-state index in [-0.39, 0.29) is 5.91 Å². The molecule has 6 heteroatoms. The minimum atomic E-state index is -0.701. The van der Waals surface area contributed by atoms with Gasteiger partial charge in [-0.3, -0.25) is 4.79 Å². The molecule has 1 amide bonds. The van der Waals surface area contributed by atoms with Gasteiger partial charge in [0.1, 0.15) is 5.38 Å². The Morgan fingerprint density at radius 1 is 1.18 bits per heavy atom. The Morgan fingerprint density at radius 3 is 2.36 bits per heavy atom. The Labute approximate surface area is 136 Å². The van der Waals surface area contributed by atoms with Gasteiger partial charge in [0.2, 0.25) is 5.91 Å². The van der Waals surface area contributed by atoms with Crippen molar-refractivity contribution in [3.63, 3.8) is 0 Å². The van der Waals surface area contributed by atoms with E-state index in [0.29, 0.717) is 11.5 Å². The third kappa shape index (κ3) is 3.65. The highest BCUT2D eigenvalue weighted by atomic mass is 35.5. The van der Waals surface area contributed by atoms with Crippen molar-refractivity contribution in [2.75, 3.05) is 46.9 Å². The third-order valence-corrected chi connectivity index (χ3v) is 4.49. The minimum absolute atomic E-state index is 0.0513. The first-order chi connectivity index (χ1) is 10.6. The molecule has 1 fully saturated rings. The molecule has 0 N–H and O–H groups in total. The van der Waals surface area contributed by atoms with Crippen LogP contribution < -0.4 is 9.47 Å². The van der Waals surface area contributed by atoms with Crippen molar-refractivity contribution in [2.45, 2.75) is 12.3 Å². The van der Waals surface area contributed by atoms with Gasteiger partial charge in [-0.2, -0.15) is 0 Å². The summed E-state index contributed by atoms with van der Waals surface area (Å²) in [4.78, 5) is 16.7. The molecular weight excluding hydrogens is 304 g/mol. The summed E-state index contributed by atoms with van der Waals surface area (Å²) < 4.78 is 10.5. The number of benzene rings is 1. The maximum absolute atomic E-state index is 12.6. The van der Waals surface area contributed by atoms with Crippen LogP contribution in [0.4, 0.5) is 0 Å². The molecule has 1 saturated heterocycles. The number of likely N-dealkylation sites (N-methyl/N-ethyl adjacent to an activating group) is 1. The molecule has 0 aliphatic carbocycles. The fourth-order valence-electron chi connectivity index (χ4n) is 2.60. The van der Waals surface area contributed by atoms with Crippen LogP contribution in [0.1, 0.15) is 17.9 Å². The Bertz CT molecular complexity index is 516. The number of carbonyl (C=O) groups is 1. The van der Waals surface area contributed by atoms with E-state index in [9.17, 15) is 4.79 Å². The van der Waals surface area contributed by atoms with Gasteiger partial charge in [0, 0.05) is 26.2 Å². The Morgan fingerprint density at radius 2 is 1.82 bits per heavy atom. The van der Waals surface area contributed by atoms with Crippen LogP contribution >= 0.6 is 11.6 Å². The van der Waals surface area contributed by atoms with Crippen LogP contribution in [0.2, 0.25) is 0 Å². The van der Waals surface area contributed by atoms with Crippen LogP contribution in [0.5, 0.6) is 11.5 Å². The summed E-state index contributed by atoms with van der Waals surface area (Å²) in [5.74, 6) is 1.15. The Balaban J connectivity index is 2.07. The van der Waals surface area contributed by atoms with Crippen LogP contribution in [0.15, 0.2) is 18.2 Å². The molecule has 2 rings (SSSR count). The topological polar surface area (TPSA) is 42.0 Å². The normalized spacial score (nSPS) is 17.2. The zero-order valence-electron chi connectivity index (χ0n) is 13.3. The van der Waals surface area contributed by atoms with Crippen molar-refractivity contribution in [3.8, 4) is 11.5 Å². The predicted molar refractivity (Wildman–Crippen MR) is 86.8 cm³/mol. The quantitative estimate of drug-likeness (QED) is 0.778. The van der Waals surface area contributed by atoms with Gasteiger partial charge >= 0.3 is 0 Å². The highest BCUT2D eigenvalue weighted by Crippen LogP contribution is 2.33. The second kappa shape index (κ2) is 7.70. The summed E-state index contributed by atoms with van der Waals surface area (Å²) in [7, 11) is 3.14. The zero-order valence-corrected chi connectivity index (χ0v) is 14.1. The monoisotopic (exact) mass is 326 g/mol. The number of piperazine rings is 1. The highest BCUT2D eigenvalue weighted by molar-refractivity contribution is 6.30. The van der Waals surface area contributed by atoms with E-state index in [2.05, 4.69) is 11.8 Å². The number of alkyl halides is 1. The van der Waals surface area contributed by atoms with Gasteiger partial charge in [-0.15, -0.1) is 11.6 Å². The van der Waals surface area contributed by atoms with Gasteiger partial charge in [0.05, 0.1) is 14.2 Å². The number of halogens is 1. The highest BCUT2D eigenvalue weighted by Gasteiger charge is 2.27. The number of methoxy groups -OCH3 is 2. The van der Waals surface area contributed by atoms with E-state index in [1.54, 1.807) is 32.4 Å². The standard InChI is InChI=1S/C16H23ClN2O3/c1-4-18-7-9-19(10-8-18)16(20)15(17)12-5-6-13(21-2)14(11-12)22-3/h5-6,11,15H,4,7-10H2,1-3H3. The molecule has 0 aromatic heterocycles. The van der Waals surface area contributed by atoms with Crippen molar-refractivity contribution in [2.24, 2.45) is 0 Å². The first-order valence-electron chi connectivity index (χ1n) is 7.47. The minimum Gasteiger partial charge on any atom is -0.493 e. The lowest BCUT2D eigenvalue weighted by Crippen LogP contribution is -2.49. The smallest absolute Gasteiger partial charge is 0.245 e. The van der Waals surface area contributed by atoms with Crippen LogP contribution in [0.3, 0.4) is 0 Å². The molecule has 1 heterocycles. The lowest BCUT2D eigenvalue weighted by Gasteiger charge is -2.35. The number of nitrogens with zero attached hydrogens (tertiary/aromatic N) is 2. The molecule has 22 heavy (non-hydrogen) atoms. The van der Waals surface area contributed by atoms with Gasteiger partial charge < -0.3 is 19.3 Å². The van der Waals surface area contributed by atoms with Crippen molar-refractivity contribution in [1.29, 1.82) is 0 Å². The molecule has 0 saturated carbocycles. The average Bonchev–Trinajstić information content (AvgIpc) is 2.59. The average molecular weight is 327 g/mol. The number of ether oxygens (including phenoxy) is 2. The summed E-state index contributed by atoms with van der Waals surface area (Å²) in [6.45, 7) is 6.40. The van der Waals surface area contributed by atoms with E-state index >= 15 is 0 Å². The molecule has 0 bridgehead atoms. The van der Waals surface area contributed by atoms with Gasteiger partial charge in [-0.25, -0.2) is 0 Å². The molecule has 5 nitrogen and oxygen atoms in total. The first kappa shape index (κ1) is 16.9. The van der Waals surface area contributed by atoms with Crippen molar-refractivity contribution in [1.82, 2.24) is 9.80 Å². The number of hydrogen-bond acceptors (Lipinski definition) is 4. The fourth-order valence-corrected chi connectivity index (χ4v) is 2.87. The van der Waals surface area contributed by atoms with Crippen LogP contribution in [0.25, 0.3) is 0 Å². The fraction of sp³-hybridized carbons (Fsp3) is 0.562. The van der Waals surface area contributed by atoms with Crippen LogP contribution in [-0.2, 0) is 4.79 Å². The molecule has 1 atom stereocenters. The Hall–Kier alpha value is -1.46. The van der Waals surface area contributed by atoms with Gasteiger partial charge in [0.15, 0.2) is 11.5 Å². The molecular formula is C16H23ClN2O3. The number of carbonyl (C=O) groups excluding carboxylic acids is 1. The predicted octanol–water partition coefficient (Wildman–Crippen LogP) is 2.15. The van der Waals surface area contributed by atoms with Gasteiger partial charge in [-0.05, 0) is 24.2 Å². The summed E-state index contributed by atoms with van der Waals surface area (Å²) in [6.07, 6.45) is 0. The van der Waals surface area contributed by atoms with E-state index in [4.69, 9.17) is 21.1 Å². The molecule has 0 radical (unpaired) electrons. The molecule has 122 valence electrons. The van der Waals surface area contributed by atoms with E-state index in [1.165, 1.54) is 0 Å². The summed E-state index contributed by atoms with van der Waals surface area (Å²) in [5, 5.41) is -0.701. The summed E-state index contributed by atoms with van der Waals surface area (Å²) in [5.41, 5.74) is 0.724. The van der Waals surface area contributed by atoms with Crippen molar-refractivity contribution >= 4 is 17.5 Å². The third-order valence-electron chi connectivity index (χ3n) is 4.05. The van der Waals surface area contributed by atoms with Crippen molar-refractivity contribution < 1.29 is 14.3 Å². The SMILES string of the molecule is CCN1CCN(C(=O)C(Cl)c2ccc(OC)c(OC)c2)CC1. The second-order valence-electron chi connectivity index (χ2n) is 5.24. The maximum Gasteiger partial charge on any atom is 0.245 e. The second-order valence-corrected chi connectivity index (χ2v) is 5.67. The molecule has 1 aliphatic rings. The lowest BCUT2D eigenvalue weighted by atomic mass is 10.1. The molecule has 1 aromatic rings. The van der Waals surface area contributed by atoms with Crippen LogP contribution in [-0.4, -0.2) is 62.7 Å². The zero-order chi connectivity index (χ0) is 16.1. The largest absolute Gasteiger partial charge is 0.493 e. The maximum atomic E-state index is 12.6. The number of amides is 1. The molecule has 0 spiro atoms. The van der Waals surface area contributed by atoms with Crippen molar-refractivity contribution in [3.05, 3.63) is 23.8 Å². The lowest BCUT2D eigenvalue weighted by molar-refractivity contribution is -0.132. The van der Waals surface area contributed by atoms with E-state index in [1.807, 2.05) is 4.90 Å².